The van der Waals surface area contributed by atoms with E-state index < -0.39 is 0 Å². The molecule has 126 valence electrons. The minimum atomic E-state index is 0.746. The summed E-state index contributed by atoms with van der Waals surface area (Å²) >= 11 is 0. The van der Waals surface area contributed by atoms with Gasteiger partial charge in [0.2, 0.25) is 0 Å². The van der Waals surface area contributed by atoms with Crippen LogP contribution in [0.1, 0.15) is 17.0 Å². The predicted octanol–water partition coefficient (Wildman–Crippen LogP) is 2.47. The normalized spacial score (nSPS) is 13.6. The van der Waals surface area contributed by atoms with Gasteiger partial charge in [-0.05, 0) is 17.7 Å². The number of benzene rings is 1. The number of aromatic nitrogens is 4. The highest BCUT2D eigenvalue weighted by Crippen LogP contribution is 2.13. The van der Waals surface area contributed by atoms with E-state index in [1.807, 2.05) is 53.5 Å². The van der Waals surface area contributed by atoms with Crippen LogP contribution in [0, 0.1) is 0 Å². The molecule has 4 rings (SSSR count). The average Bonchev–Trinajstić information content (AvgIpc) is 3.27. The Balaban J connectivity index is 1.31. The maximum Gasteiger partial charge on any atom is 0.102 e. The van der Waals surface area contributed by atoms with Gasteiger partial charge in [-0.1, -0.05) is 41.6 Å². The van der Waals surface area contributed by atoms with Crippen LogP contribution in [0.5, 0.6) is 0 Å². The minimum Gasteiger partial charge on any atom is -0.353 e. The number of pyridine rings is 1. The third kappa shape index (κ3) is 4.03. The highest BCUT2D eigenvalue weighted by Gasteiger charge is 2.14. The van der Waals surface area contributed by atoms with Crippen LogP contribution in [0.2, 0.25) is 0 Å². The van der Waals surface area contributed by atoms with Crippen LogP contribution < -0.4 is 0 Å². The Morgan fingerprint density at radius 3 is 2.32 bits per heavy atom. The van der Waals surface area contributed by atoms with E-state index in [1.54, 1.807) is 0 Å². The van der Waals surface area contributed by atoms with E-state index in [-0.39, 0.29) is 0 Å². The third-order valence-corrected chi connectivity index (χ3v) is 4.08. The zero-order chi connectivity index (χ0) is 16.9. The second kappa shape index (κ2) is 7.17. The Morgan fingerprint density at radius 2 is 1.56 bits per heavy atom. The second-order valence-corrected chi connectivity index (χ2v) is 6.15. The average molecular weight is 332 g/mol. The lowest BCUT2D eigenvalue weighted by atomic mass is 10.2. The van der Waals surface area contributed by atoms with Crippen molar-refractivity contribution in [2.24, 2.45) is 0 Å². The molecule has 6 nitrogen and oxygen atoms in total. The molecule has 0 atom stereocenters. The van der Waals surface area contributed by atoms with Crippen molar-refractivity contribution in [1.29, 1.82) is 0 Å². The fraction of sp³-hybridized carbons (Fsp3) is 0.211. The van der Waals surface area contributed by atoms with Crippen molar-refractivity contribution in [3.63, 3.8) is 0 Å². The van der Waals surface area contributed by atoms with Gasteiger partial charge in [0.1, 0.15) is 5.69 Å². The SMILES string of the molecule is C1=CN(Cc2cn(Cc3ccccc3)nn2)CN1Cc1ccccn1. The van der Waals surface area contributed by atoms with Crippen LogP contribution in [0.3, 0.4) is 0 Å². The summed E-state index contributed by atoms with van der Waals surface area (Å²) in [6.45, 7) is 3.15. The van der Waals surface area contributed by atoms with E-state index in [0.717, 1.165) is 37.7 Å². The topological polar surface area (TPSA) is 50.1 Å². The Morgan fingerprint density at radius 1 is 0.800 bits per heavy atom. The van der Waals surface area contributed by atoms with Gasteiger partial charge in [-0.25, -0.2) is 4.68 Å². The number of hydrogen-bond donors (Lipinski definition) is 0. The van der Waals surface area contributed by atoms with Crippen molar-refractivity contribution in [3.05, 3.63) is 90.3 Å². The van der Waals surface area contributed by atoms with Crippen LogP contribution in [-0.2, 0) is 19.6 Å². The van der Waals surface area contributed by atoms with Gasteiger partial charge in [0, 0.05) is 18.6 Å². The molecule has 0 bridgehead atoms. The first-order valence-corrected chi connectivity index (χ1v) is 8.34. The molecule has 6 heteroatoms. The van der Waals surface area contributed by atoms with E-state index in [4.69, 9.17) is 0 Å². The van der Waals surface area contributed by atoms with E-state index in [0.29, 0.717) is 0 Å². The standard InChI is InChI=1S/C19H20N6/c1-2-6-17(7-3-1)12-25-15-19(21-22-25)14-24-11-10-23(16-24)13-18-8-4-5-9-20-18/h1-11,15H,12-14,16H2. The highest BCUT2D eigenvalue weighted by atomic mass is 15.4. The van der Waals surface area contributed by atoms with Crippen molar-refractivity contribution in [2.75, 3.05) is 6.67 Å². The second-order valence-electron chi connectivity index (χ2n) is 6.15. The monoisotopic (exact) mass is 332 g/mol. The summed E-state index contributed by atoms with van der Waals surface area (Å²) in [5, 5.41) is 8.52. The van der Waals surface area contributed by atoms with Gasteiger partial charge in [-0.3, -0.25) is 4.98 Å². The molecule has 0 spiro atoms. The minimum absolute atomic E-state index is 0.746. The number of rotatable bonds is 6. The first kappa shape index (κ1) is 15.4. The molecule has 0 fully saturated rings. The Bertz CT molecular complexity index is 827. The molecule has 0 saturated carbocycles. The van der Waals surface area contributed by atoms with Crippen molar-refractivity contribution in [1.82, 2.24) is 29.8 Å². The van der Waals surface area contributed by atoms with Gasteiger partial charge in [0.15, 0.2) is 0 Å². The summed E-state index contributed by atoms with van der Waals surface area (Å²) in [5.74, 6) is 0. The maximum atomic E-state index is 4.37. The number of hydrogen-bond acceptors (Lipinski definition) is 5. The van der Waals surface area contributed by atoms with Gasteiger partial charge in [0.25, 0.3) is 0 Å². The molecule has 0 amide bonds. The predicted molar refractivity (Wildman–Crippen MR) is 94.9 cm³/mol. The van der Waals surface area contributed by atoms with Crippen LogP contribution >= 0.6 is 0 Å². The molecule has 3 heterocycles. The lowest BCUT2D eigenvalue weighted by Crippen LogP contribution is -2.25. The summed E-state index contributed by atoms with van der Waals surface area (Å²) in [5.41, 5.74) is 3.27. The van der Waals surface area contributed by atoms with Crippen molar-refractivity contribution < 1.29 is 0 Å². The highest BCUT2D eigenvalue weighted by molar-refractivity contribution is 5.15. The van der Waals surface area contributed by atoms with Crippen molar-refractivity contribution in [3.8, 4) is 0 Å². The van der Waals surface area contributed by atoms with Gasteiger partial charge in [-0.2, -0.15) is 0 Å². The smallest absolute Gasteiger partial charge is 0.102 e. The van der Waals surface area contributed by atoms with Crippen molar-refractivity contribution in [2.45, 2.75) is 19.6 Å². The molecule has 3 aromatic rings. The Labute approximate surface area is 147 Å². The van der Waals surface area contributed by atoms with E-state index >= 15 is 0 Å². The molecular weight excluding hydrogens is 312 g/mol. The van der Waals surface area contributed by atoms with Gasteiger partial charge >= 0.3 is 0 Å². The molecule has 25 heavy (non-hydrogen) atoms. The van der Waals surface area contributed by atoms with E-state index in [1.165, 1.54) is 5.56 Å². The molecule has 0 aliphatic carbocycles. The third-order valence-electron chi connectivity index (χ3n) is 4.08. The zero-order valence-electron chi connectivity index (χ0n) is 13.9. The summed E-state index contributed by atoms with van der Waals surface area (Å²) in [6.07, 6.45) is 8.04. The maximum absolute atomic E-state index is 4.37. The van der Waals surface area contributed by atoms with Gasteiger partial charge in [0.05, 0.1) is 38.2 Å². The molecule has 0 N–H and O–H groups in total. The van der Waals surface area contributed by atoms with Crippen LogP contribution in [0.25, 0.3) is 0 Å². The Kier molecular flexibility index (Phi) is 4.41. The molecular formula is C19H20N6. The van der Waals surface area contributed by atoms with Crippen LogP contribution in [-0.4, -0.2) is 36.4 Å². The largest absolute Gasteiger partial charge is 0.353 e. The fourth-order valence-corrected chi connectivity index (χ4v) is 2.89. The van der Waals surface area contributed by atoms with E-state index in [2.05, 4.69) is 49.6 Å². The van der Waals surface area contributed by atoms with Crippen LogP contribution in [0.15, 0.2) is 73.3 Å². The van der Waals surface area contributed by atoms with E-state index in [9.17, 15) is 0 Å². The first-order valence-electron chi connectivity index (χ1n) is 8.34. The molecule has 1 aliphatic heterocycles. The first-order chi connectivity index (χ1) is 12.3. The fourth-order valence-electron chi connectivity index (χ4n) is 2.89. The molecule has 1 aliphatic rings. The molecule has 2 aromatic heterocycles. The lowest BCUT2D eigenvalue weighted by molar-refractivity contribution is 0.251. The summed E-state index contributed by atoms with van der Waals surface area (Å²) in [6, 6.07) is 16.3. The molecule has 0 unspecified atom stereocenters. The zero-order valence-corrected chi connectivity index (χ0v) is 13.9. The molecule has 1 aromatic carbocycles. The van der Waals surface area contributed by atoms with Crippen molar-refractivity contribution >= 4 is 0 Å². The Hall–Kier alpha value is -3.15. The summed E-state index contributed by atoms with van der Waals surface area (Å²) in [7, 11) is 0. The summed E-state index contributed by atoms with van der Waals surface area (Å²) < 4.78 is 1.89. The quantitative estimate of drug-likeness (QED) is 0.694. The molecule has 0 radical (unpaired) electrons. The molecule has 0 saturated heterocycles. The summed E-state index contributed by atoms with van der Waals surface area (Å²) in [4.78, 5) is 8.83. The lowest BCUT2D eigenvalue weighted by Gasteiger charge is -2.20. The number of nitrogens with zero attached hydrogens (tertiary/aromatic N) is 6. The van der Waals surface area contributed by atoms with Gasteiger partial charge in [-0.15, -0.1) is 5.10 Å². The van der Waals surface area contributed by atoms with Gasteiger partial charge < -0.3 is 9.80 Å². The van der Waals surface area contributed by atoms with Crippen LogP contribution in [0.4, 0.5) is 0 Å².